The van der Waals surface area contributed by atoms with E-state index in [1.165, 1.54) is 18.2 Å². The molecule has 0 bridgehead atoms. The monoisotopic (exact) mass is 377 g/mol. The quantitative estimate of drug-likeness (QED) is 0.857. The average molecular weight is 378 g/mol. The van der Waals surface area contributed by atoms with Crippen LogP contribution in [0.5, 0.6) is 5.75 Å². The van der Waals surface area contributed by atoms with E-state index in [4.69, 9.17) is 16.3 Å². The van der Waals surface area contributed by atoms with Crippen LogP contribution < -0.4 is 20.3 Å². The van der Waals surface area contributed by atoms with Gasteiger partial charge in [-0.1, -0.05) is 17.7 Å². The molecule has 1 heterocycles. The van der Waals surface area contributed by atoms with Gasteiger partial charge in [-0.15, -0.1) is 0 Å². The number of urea groups is 1. The third-order valence-electron chi connectivity index (χ3n) is 4.00. The van der Waals surface area contributed by atoms with Crippen molar-refractivity contribution in [2.45, 2.75) is 12.5 Å². The first-order valence-electron chi connectivity index (χ1n) is 7.93. The second-order valence-electron chi connectivity index (χ2n) is 5.83. The minimum Gasteiger partial charge on any atom is -0.497 e. The van der Waals surface area contributed by atoms with Crippen molar-refractivity contribution in [2.75, 3.05) is 23.9 Å². The molecule has 1 aliphatic heterocycles. The number of hydrogen-bond donors (Lipinski definition) is 2. The van der Waals surface area contributed by atoms with E-state index >= 15 is 0 Å². The maximum absolute atomic E-state index is 13.2. The molecular formula is C18H17ClFN3O3. The highest BCUT2D eigenvalue weighted by Gasteiger charge is 2.31. The first-order valence-corrected chi connectivity index (χ1v) is 8.31. The number of benzene rings is 2. The summed E-state index contributed by atoms with van der Waals surface area (Å²) in [5.41, 5.74) is 1.08. The van der Waals surface area contributed by atoms with Crippen LogP contribution in [0.4, 0.5) is 20.6 Å². The van der Waals surface area contributed by atoms with Gasteiger partial charge >= 0.3 is 6.03 Å². The van der Waals surface area contributed by atoms with Gasteiger partial charge in [0.2, 0.25) is 5.91 Å². The van der Waals surface area contributed by atoms with Gasteiger partial charge < -0.3 is 20.3 Å². The summed E-state index contributed by atoms with van der Waals surface area (Å²) in [6.07, 6.45) is 0.189. The maximum atomic E-state index is 13.2. The number of rotatable bonds is 4. The molecule has 0 spiro atoms. The van der Waals surface area contributed by atoms with Crippen LogP contribution in [0.15, 0.2) is 42.5 Å². The van der Waals surface area contributed by atoms with Crippen molar-refractivity contribution in [1.29, 1.82) is 0 Å². The molecular weight excluding hydrogens is 361 g/mol. The number of halogens is 2. The lowest BCUT2D eigenvalue weighted by Gasteiger charge is -2.18. The Morgan fingerprint density at radius 2 is 2.12 bits per heavy atom. The fourth-order valence-electron chi connectivity index (χ4n) is 2.76. The van der Waals surface area contributed by atoms with Gasteiger partial charge in [-0.2, -0.15) is 0 Å². The summed E-state index contributed by atoms with van der Waals surface area (Å²) in [5, 5.41) is 5.23. The van der Waals surface area contributed by atoms with E-state index in [9.17, 15) is 14.0 Å². The Labute approximate surface area is 154 Å². The van der Waals surface area contributed by atoms with Crippen LogP contribution in [0.2, 0.25) is 5.02 Å². The predicted octanol–water partition coefficient (Wildman–Crippen LogP) is 3.41. The highest BCUT2D eigenvalue weighted by Crippen LogP contribution is 2.25. The number of carbonyl (C=O) groups excluding carboxylic acids is 2. The van der Waals surface area contributed by atoms with Gasteiger partial charge in [0.25, 0.3) is 0 Å². The molecule has 0 aromatic heterocycles. The third kappa shape index (κ3) is 4.05. The highest BCUT2D eigenvalue weighted by atomic mass is 35.5. The maximum Gasteiger partial charge on any atom is 0.319 e. The summed E-state index contributed by atoms with van der Waals surface area (Å²) in [6, 6.07) is 10.2. The standard InChI is InChI=1S/C18H17ClFN3O3/c1-26-14-4-2-3-13(9-14)23-10-12(8-17(23)24)22-18(25)21-11-5-6-16(20)15(19)7-11/h2-7,9,12H,8,10H2,1H3,(H2,21,22,25)/t12-/m0/s1. The second kappa shape index (κ2) is 7.61. The molecule has 0 saturated carbocycles. The van der Waals surface area contributed by atoms with Crippen LogP contribution in [-0.2, 0) is 4.79 Å². The Kier molecular flexibility index (Phi) is 5.27. The zero-order chi connectivity index (χ0) is 18.7. The van der Waals surface area contributed by atoms with Crippen molar-refractivity contribution >= 4 is 34.9 Å². The Bertz CT molecular complexity index is 846. The van der Waals surface area contributed by atoms with Crippen molar-refractivity contribution in [1.82, 2.24) is 5.32 Å². The van der Waals surface area contributed by atoms with E-state index in [-0.39, 0.29) is 23.4 Å². The van der Waals surface area contributed by atoms with Crippen LogP contribution in [0.1, 0.15) is 6.42 Å². The lowest BCUT2D eigenvalue weighted by Crippen LogP contribution is -2.39. The third-order valence-corrected chi connectivity index (χ3v) is 4.29. The average Bonchev–Trinajstić information content (AvgIpc) is 2.98. The van der Waals surface area contributed by atoms with Crippen LogP contribution in [0, 0.1) is 5.82 Å². The van der Waals surface area contributed by atoms with E-state index in [0.29, 0.717) is 23.7 Å². The molecule has 3 rings (SSSR count). The summed E-state index contributed by atoms with van der Waals surface area (Å²) in [7, 11) is 1.56. The second-order valence-corrected chi connectivity index (χ2v) is 6.24. The molecule has 3 amide bonds. The Hall–Kier alpha value is -2.80. The molecule has 6 nitrogen and oxygen atoms in total. The lowest BCUT2D eigenvalue weighted by atomic mass is 10.2. The van der Waals surface area contributed by atoms with E-state index in [2.05, 4.69) is 10.6 Å². The normalized spacial score (nSPS) is 16.5. The van der Waals surface area contributed by atoms with Gasteiger partial charge in [-0.05, 0) is 30.3 Å². The van der Waals surface area contributed by atoms with E-state index in [1.807, 2.05) is 6.07 Å². The first kappa shape index (κ1) is 18.0. The molecule has 1 atom stereocenters. The number of ether oxygens (including phenoxy) is 1. The van der Waals surface area contributed by atoms with Gasteiger partial charge in [0.05, 0.1) is 18.2 Å². The predicted molar refractivity (Wildman–Crippen MR) is 97.3 cm³/mol. The molecule has 8 heteroatoms. The molecule has 0 unspecified atom stereocenters. The Balaban J connectivity index is 1.61. The van der Waals surface area contributed by atoms with Crippen molar-refractivity contribution in [3.63, 3.8) is 0 Å². The largest absolute Gasteiger partial charge is 0.497 e. The van der Waals surface area contributed by atoms with Gasteiger partial charge in [0, 0.05) is 30.4 Å². The smallest absolute Gasteiger partial charge is 0.319 e. The SMILES string of the molecule is COc1cccc(N2C[C@@H](NC(=O)Nc3ccc(F)c(Cl)c3)CC2=O)c1. The minimum atomic E-state index is -0.562. The summed E-state index contributed by atoms with van der Waals surface area (Å²) < 4.78 is 18.3. The molecule has 26 heavy (non-hydrogen) atoms. The minimum absolute atomic E-state index is 0.0805. The van der Waals surface area contributed by atoms with Crippen LogP contribution in [0.3, 0.4) is 0 Å². The van der Waals surface area contributed by atoms with Crippen LogP contribution in [-0.4, -0.2) is 31.6 Å². The van der Waals surface area contributed by atoms with Crippen LogP contribution >= 0.6 is 11.6 Å². The van der Waals surface area contributed by atoms with Gasteiger partial charge in [-0.25, -0.2) is 9.18 Å². The number of nitrogens with zero attached hydrogens (tertiary/aromatic N) is 1. The number of hydrogen-bond acceptors (Lipinski definition) is 3. The summed E-state index contributed by atoms with van der Waals surface area (Å²) in [6.45, 7) is 0.351. The highest BCUT2D eigenvalue weighted by molar-refractivity contribution is 6.31. The van der Waals surface area contributed by atoms with Crippen molar-refractivity contribution in [3.05, 3.63) is 53.3 Å². The van der Waals surface area contributed by atoms with Crippen molar-refractivity contribution in [3.8, 4) is 5.75 Å². The number of anilines is 2. The van der Waals surface area contributed by atoms with Gasteiger partial charge in [0.15, 0.2) is 0 Å². The van der Waals surface area contributed by atoms with Crippen LogP contribution in [0.25, 0.3) is 0 Å². The van der Waals surface area contributed by atoms with Gasteiger partial charge in [-0.3, -0.25) is 4.79 Å². The lowest BCUT2D eigenvalue weighted by molar-refractivity contribution is -0.117. The van der Waals surface area contributed by atoms with Crippen molar-refractivity contribution in [2.24, 2.45) is 0 Å². The fourth-order valence-corrected chi connectivity index (χ4v) is 2.94. The summed E-state index contributed by atoms with van der Waals surface area (Å²) >= 11 is 5.69. The van der Waals surface area contributed by atoms with E-state index in [1.54, 1.807) is 30.2 Å². The molecule has 1 fully saturated rings. The first-order chi connectivity index (χ1) is 12.5. The Morgan fingerprint density at radius 3 is 2.85 bits per heavy atom. The summed E-state index contributed by atoms with van der Waals surface area (Å²) in [5.74, 6) is -0.000957. The molecule has 1 saturated heterocycles. The molecule has 2 aromatic carbocycles. The molecule has 1 aliphatic rings. The molecule has 0 radical (unpaired) electrons. The number of carbonyl (C=O) groups is 2. The number of nitrogens with one attached hydrogen (secondary N) is 2. The van der Waals surface area contributed by atoms with E-state index < -0.39 is 11.8 Å². The fraction of sp³-hybridized carbons (Fsp3) is 0.222. The molecule has 0 aliphatic carbocycles. The number of methoxy groups -OCH3 is 1. The Morgan fingerprint density at radius 1 is 1.31 bits per heavy atom. The zero-order valence-electron chi connectivity index (χ0n) is 14.0. The summed E-state index contributed by atoms with van der Waals surface area (Å²) in [4.78, 5) is 26.0. The van der Waals surface area contributed by atoms with Crippen molar-refractivity contribution < 1.29 is 18.7 Å². The van der Waals surface area contributed by atoms with Gasteiger partial charge in [0.1, 0.15) is 11.6 Å². The zero-order valence-corrected chi connectivity index (χ0v) is 14.7. The molecule has 2 N–H and O–H groups in total. The molecule has 136 valence electrons. The topological polar surface area (TPSA) is 70.7 Å². The van der Waals surface area contributed by atoms with E-state index in [0.717, 1.165) is 0 Å². The molecule has 2 aromatic rings. The number of amides is 3.